The van der Waals surface area contributed by atoms with E-state index >= 15 is 0 Å². The number of pyridine rings is 1. The monoisotopic (exact) mass is 247 g/mol. The Morgan fingerprint density at radius 2 is 2.28 bits per heavy atom. The van der Waals surface area contributed by atoms with Crippen molar-refractivity contribution in [1.29, 1.82) is 0 Å². The number of aromatic nitrogens is 1. The summed E-state index contributed by atoms with van der Waals surface area (Å²) in [5.74, 6) is 1.16. The van der Waals surface area contributed by atoms with Crippen LogP contribution in [0.25, 0.3) is 0 Å². The van der Waals surface area contributed by atoms with E-state index in [0.717, 1.165) is 24.6 Å². The SMILES string of the molecule is CCC1CCCN1c1cccc(CNC(C)C)n1. The van der Waals surface area contributed by atoms with Crippen molar-refractivity contribution >= 4 is 5.82 Å². The highest BCUT2D eigenvalue weighted by Crippen LogP contribution is 2.25. The minimum Gasteiger partial charge on any atom is -0.354 e. The Balaban J connectivity index is 2.06. The molecule has 100 valence electrons. The molecule has 0 bridgehead atoms. The van der Waals surface area contributed by atoms with Crippen LogP contribution in [-0.4, -0.2) is 23.6 Å². The minimum absolute atomic E-state index is 0.505. The Morgan fingerprint density at radius 3 is 3.00 bits per heavy atom. The van der Waals surface area contributed by atoms with E-state index < -0.39 is 0 Å². The van der Waals surface area contributed by atoms with Crippen LogP contribution in [0.15, 0.2) is 18.2 Å². The fourth-order valence-electron chi connectivity index (χ4n) is 2.60. The molecule has 3 heteroatoms. The summed E-state index contributed by atoms with van der Waals surface area (Å²) in [6.45, 7) is 8.62. The largest absolute Gasteiger partial charge is 0.354 e. The van der Waals surface area contributed by atoms with Crippen molar-refractivity contribution in [3.63, 3.8) is 0 Å². The van der Waals surface area contributed by atoms with Gasteiger partial charge in [-0.15, -0.1) is 0 Å². The van der Waals surface area contributed by atoms with Gasteiger partial charge in [0.1, 0.15) is 5.82 Å². The van der Waals surface area contributed by atoms with Crippen molar-refractivity contribution in [2.75, 3.05) is 11.4 Å². The average Bonchev–Trinajstić information content (AvgIpc) is 2.85. The average molecular weight is 247 g/mol. The second-order valence-corrected chi connectivity index (χ2v) is 5.42. The molecule has 3 nitrogen and oxygen atoms in total. The summed E-state index contributed by atoms with van der Waals surface area (Å²) in [5, 5.41) is 3.42. The number of hydrogen-bond donors (Lipinski definition) is 1. The van der Waals surface area contributed by atoms with E-state index in [0.29, 0.717) is 12.1 Å². The van der Waals surface area contributed by atoms with E-state index in [-0.39, 0.29) is 0 Å². The molecule has 1 N–H and O–H groups in total. The predicted octanol–water partition coefficient (Wildman–Crippen LogP) is 2.96. The maximum Gasteiger partial charge on any atom is 0.129 e. The molecule has 1 aromatic rings. The van der Waals surface area contributed by atoms with Crippen molar-refractivity contribution in [1.82, 2.24) is 10.3 Å². The smallest absolute Gasteiger partial charge is 0.129 e. The zero-order valence-electron chi connectivity index (χ0n) is 11.8. The second kappa shape index (κ2) is 6.19. The first-order valence-corrected chi connectivity index (χ1v) is 7.16. The van der Waals surface area contributed by atoms with Gasteiger partial charge in [-0.25, -0.2) is 4.98 Å². The van der Waals surface area contributed by atoms with Crippen LogP contribution in [-0.2, 0) is 6.54 Å². The van der Waals surface area contributed by atoms with Crippen LogP contribution in [0.5, 0.6) is 0 Å². The molecule has 0 aromatic carbocycles. The van der Waals surface area contributed by atoms with Gasteiger partial charge in [0.25, 0.3) is 0 Å². The highest BCUT2D eigenvalue weighted by molar-refractivity contribution is 5.41. The van der Waals surface area contributed by atoms with Gasteiger partial charge in [-0.3, -0.25) is 0 Å². The lowest BCUT2D eigenvalue weighted by molar-refractivity contribution is 0.579. The predicted molar refractivity (Wildman–Crippen MR) is 76.9 cm³/mol. The Bertz CT molecular complexity index is 376. The van der Waals surface area contributed by atoms with Crippen LogP contribution < -0.4 is 10.2 Å². The van der Waals surface area contributed by atoms with Gasteiger partial charge in [0, 0.05) is 25.2 Å². The Kier molecular flexibility index (Phi) is 4.59. The molecule has 0 radical (unpaired) electrons. The molecule has 0 amide bonds. The van der Waals surface area contributed by atoms with E-state index in [2.05, 4.69) is 49.2 Å². The van der Waals surface area contributed by atoms with Crippen LogP contribution in [0.4, 0.5) is 5.82 Å². The maximum absolute atomic E-state index is 4.79. The molecule has 2 rings (SSSR count). The summed E-state index contributed by atoms with van der Waals surface area (Å²) in [6, 6.07) is 7.57. The lowest BCUT2D eigenvalue weighted by Crippen LogP contribution is -2.30. The lowest BCUT2D eigenvalue weighted by Gasteiger charge is -2.25. The van der Waals surface area contributed by atoms with Crippen LogP contribution >= 0.6 is 0 Å². The first-order chi connectivity index (χ1) is 8.70. The minimum atomic E-state index is 0.505. The normalized spacial score (nSPS) is 19.8. The number of nitrogens with zero attached hydrogens (tertiary/aromatic N) is 2. The van der Waals surface area contributed by atoms with Gasteiger partial charge >= 0.3 is 0 Å². The molecule has 1 fully saturated rings. The zero-order chi connectivity index (χ0) is 13.0. The first kappa shape index (κ1) is 13.3. The third-order valence-corrected chi connectivity index (χ3v) is 3.63. The van der Waals surface area contributed by atoms with Gasteiger partial charge in [0.2, 0.25) is 0 Å². The van der Waals surface area contributed by atoms with E-state index in [4.69, 9.17) is 4.98 Å². The highest BCUT2D eigenvalue weighted by Gasteiger charge is 2.23. The molecule has 0 spiro atoms. The van der Waals surface area contributed by atoms with Crippen LogP contribution in [0, 0.1) is 0 Å². The van der Waals surface area contributed by atoms with E-state index in [9.17, 15) is 0 Å². The molecule has 1 saturated heterocycles. The van der Waals surface area contributed by atoms with Crippen molar-refractivity contribution in [3.05, 3.63) is 23.9 Å². The molecule has 0 aliphatic carbocycles. The molecule has 1 atom stereocenters. The summed E-state index contributed by atoms with van der Waals surface area (Å²) in [5.41, 5.74) is 1.14. The van der Waals surface area contributed by atoms with Gasteiger partial charge in [-0.05, 0) is 31.4 Å². The maximum atomic E-state index is 4.79. The standard InChI is InChI=1S/C15H25N3/c1-4-14-8-6-10-18(14)15-9-5-7-13(17-15)11-16-12(2)3/h5,7,9,12,14,16H,4,6,8,10-11H2,1-3H3. The van der Waals surface area contributed by atoms with E-state index in [1.54, 1.807) is 0 Å². The molecule has 0 saturated carbocycles. The molecule has 1 aliphatic heterocycles. The Labute approximate surface area is 111 Å². The summed E-state index contributed by atoms with van der Waals surface area (Å²) < 4.78 is 0. The van der Waals surface area contributed by atoms with Crippen LogP contribution in [0.2, 0.25) is 0 Å². The van der Waals surface area contributed by atoms with Crippen molar-refractivity contribution in [3.8, 4) is 0 Å². The number of anilines is 1. The second-order valence-electron chi connectivity index (χ2n) is 5.42. The van der Waals surface area contributed by atoms with E-state index in [1.807, 2.05) is 0 Å². The highest BCUT2D eigenvalue weighted by atomic mass is 15.2. The number of rotatable bonds is 5. The molecular weight excluding hydrogens is 222 g/mol. The summed E-state index contributed by atoms with van der Waals surface area (Å²) >= 11 is 0. The lowest BCUT2D eigenvalue weighted by atomic mass is 10.2. The third kappa shape index (κ3) is 3.22. The summed E-state index contributed by atoms with van der Waals surface area (Å²) in [6.07, 6.45) is 3.83. The molecular formula is C15H25N3. The Hall–Kier alpha value is -1.09. The summed E-state index contributed by atoms with van der Waals surface area (Å²) in [4.78, 5) is 7.26. The fraction of sp³-hybridized carbons (Fsp3) is 0.667. The summed E-state index contributed by atoms with van der Waals surface area (Å²) in [7, 11) is 0. The topological polar surface area (TPSA) is 28.2 Å². The van der Waals surface area contributed by atoms with Gasteiger partial charge in [-0.2, -0.15) is 0 Å². The number of nitrogens with one attached hydrogen (secondary N) is 1. The van der Waals surface area contributed by atoms with Gasteiger partial charge in [0.15, 0.2) is 0 Å². The van der Waals surface area contributed by atoms with Crippen LogP contribution in [0.1, 0.15) is 45.7 Å². The molecule has 1 aliphatic rings. The molecule has 18 heavy (non-hydrogen) atoms. The van der Waals surface area contributed by atoms with Crippen molar-refractivity contribution < 1.29 is 0 Å². The molecule has 1 aromatic heterocycles. The zero-order valence-corrected chi connectivity index (χ0v) is 11.8. The quantitative estimate of drug-likeness (QED) is 0.867. The molecule has 1 unspecified atom stereocenters. The number of hydrogen-bond acceptors (Lipinski definition) is 3. The van der Waals surface area contributed by atoms with Crippen molar-refractivity contribution in [2.45, 2.75) is 58.7 Å². The third-order valence-electron chi connectivity index (χ3n) is 3.63. The van der Waals surface area contributed by atoms with Gasteiger partial charge < -0.3 is 10.2 Å². The Morgan fingerprint density at radius 1 is 1.44 bits per heavy atom. The first-order valence-electron chi connectivity index (χ1n) is 7.16. The fourth-order valence-corrected chi connectivity index (χ4v) is 2.60. The molecule has 2 heterocycles. The van der Waals surface area contributed by atoms with Crippen LogP contribution in [0.3, 0.4) is 0 Å². The van der Waals surface area contributed by atoms with E-state index in [1.165, 1.54) is 19.3 Å². The van der Waals surface area contributed by atoms with Gasteiger partial charge in [-0.1, -0.05) is 26.8 Å². The van der Waals surface area contributed by atoms with Gasteiger partial charge in [0.05, 0.1) is 5.69 Å². The van der Waals surface area contributed by atoms with Crippen molar-refractivity contribution in [2.24, 2.45) is 0 Å².